The maximum Gasteiger partial charge on any atom is 0.324 e. The normalized spacial score (nSPS) is 12.3. The first kappa shape index (κ1) is 20.1. The molecule has 0 saturated heterocycles. The minimum absolute atomic E-state index is 0.0387. The van der Waals surface area contributed by atoms with Gasteiger partial charge >= 0.3 is 5.00 Å². The second-order valence-electron chi connectivity index (χ2n) is 6.18. The summed E-state index contributed by atoms with van der Waals surface area (Å²) in [7, 11) is 1.64. The second-order valence-corrected chi connectivity index (χ2v) is 8.25. The number of thiazole rings is 1. The van der Waals surface area contributed by atoms with Crippen LogP contribution in [0.2, 0.25) is 0 Å². The molecule has 2 aromatic heterocycles. The predicted octanol–water partition coefficient (Wildman–Crippen LogP) is 4.08. The third-order valence-electron chi connectivity index (χ3n) is 4.02. The fourth-order valence-corrected chi connectivity index (χ4v) is 4.65. The van der Waals surface area contributed by atoms with Gasteiger partial charge in [0.15, 0.2) is 4.80 Å². The molecule has 9 heteroatoms. The molecule has 3 rings (SSSR count). The van der Waals surface area contributed by atoms with E-state index in [-0.39, 0.29) is 5.00 Å². The molecule has 0 saturated carbocycles. The van der Waals surface area contributed by atoms with Crippen LogP contribution in [-0.4, -0.2) is 29.1 Å². The number of carbonyl (C=O) groups excluding carboxylic acids is 1. The van der Waals surface area contributed by atoms with E-state index >= 15 is 0 Å². The first-order chi connectivity index (χ1) is 13.4. The van der Waals surface area contributed by atoms with E-state index in [1.54, 1.807) is 19.3 Å². The highest BCUT2D eigenvalue weighted by Crippen LogP contribution is 2.25. The molecule has 0 radical (unpaired) electrons. The van der Waals surface area contributed by atoms with Crippen molar-refractivity contribution in [3.8, 4) is 0 Å². The molecule has 1 amide bonds. The lowest BCUT2D eigenvalue weighted by Crippen LogP contribution is -2.19. The Morgan fingerprint density at radius 2 is 2.11 bits per heavy atom. The standard InChI is InChI=1S/C19H19N3O4S2/c1-12-10-13(2)18-15(11-12)21(8-9-26-3)19(28-18)20-16(23)6-4-14-5-7-17(27-14)22(24)25/h4-7,10-11H,8-9H2,1-3H3. The van der Waals surface area contributed by atoms with Crippen molar-refractivity contribution >= 4 is 49.9 Å². The Morgan fingerprint density at radius 3 is 2.79 bits per heavy atom. The molecule has 28 heavy (non-hydrogen) atoms. The molecule has 0 spiro atoms. The number of hydrogen-bond donors (Lipinski definition) is 0. The minimum Gasteiger partial charge on any atom is -0.383 e. The zero-order valence-corrected chi connectivity index (χ0v) is 17.3. The molecule has 1 aromatic carbocycles. The molecule has 0 aliphatic rings. The summed E-state index contributed by atoms with van der Waals surface area (Å²) >= 11 is 2.48. The summed E-state index contributed by atoms with van der Waals surface area (Å²) in [6, 6.07) is 7.21. The van der Waals surface area contributed by atoms with Gasteiger partial charge in [-0.3, -0.25) is 14.9 Å². The summed E-state index contributed by atoms with van der Waals surface area (Å²) in [6.07, 6.45) is 2.88. The van der Waals surface area contributed by atoms with E-state index in [1.807, 2.05) is 18.4 Å². The molecule has 0 aliphatic heterocycles. The van der Waals surface area contributed by atoms with Gasteiger partial charge in [-0.25, -0.2) is 0 Å². The zero-order chi connectivity index (χ0) is 20.3. The topological polar surface area (TPSA) is 86.7 Å². The molecule has 7 nitrogen and oxygen atoms in total. The molecular weight excluding hydrogens is 398 g/mol. The Bertz CT molecular complexity index is 1140. The summed E-state index contributed by atoms with van der Waals surface area (Å²) in [5.41, 5.74) is 3.32. The minimum atomic E-state index is -0.450. The number of nitrogens with zero attached hydrogens (tertiary/aromatic N) is 3. The van der Waals surface area contributed by atoms with Gasteiger partial charge in [-0.05, 0) is 43.2 Å². The molecule has 2 heterocycles. The van der Waals surface area contributed by atoms with Crippen LogP contribution < -0.4 is 4.80 Å². The Hall–Kier alpha value is -2.62. The average Bonchev–Trinajstić information content (AvgIpc) is 3.24. The number of methoxy groups -OCH3 is 1. The van der Waals surface area contributed by atoms with E-state index in [0.717, 1.165) is 32.7 Å². The van der Waals surface area contributed by atoms with Crippen LogP contribution in [0.4, 0.5) is 5.00 Å². The third kappa shape index (κ3) is 4.44. The summed E-state index contributed by atoms with van der Waals surface area (Å²) in [5.74, 6) is -0.414. The van der Waals surface area contributed by atoms with Gasteiger partial charge in [-0.15, -0.1) is 0 Å². The summed E-state index contributed by atoms with van der Waals surface area (Å²) < 4.78 is 8.28. The average molecular weight is 418 g/mol. The van der Waals surface area contributed by atoms with Crippen molar-refractivity contribution in [1.29, 1.82) is 0 Å². The van der Waals surface area contributed by atoms with E-state index < -0.39 is 10.8 Å². The van der Waals surface area contributed by atoms with Crippen LogP contribution in [0.1, 0.15) is 16.0 Å². The van der Waals surface area contributed by atoms with E-state index in [2.05, 4.69) is 17.1 Å². The Kier molecular flexibility index (Phi) is 6.18. The molecule has 0 atom stereocenters. The number of benzene rings is 1. The maximum absolute atomic E-state index is 12.4. The lowest BCUT2D eigenvalue weighted by molar-refractivity contribution is -0.380. The van der Waals surface area contributed by atoms with Gasteiger partial charge in [0.1, 0.15) is 0 Å². The van der Waals surface area contributed by atoms with Crippen LogP contribution in [0.25, 0.3) is 16.3 Å². The number of thiophene rings is 1. The van der Waals surface area contributed by atoms with Crippen molar-refractivity contribution < 1.29 is 14.5 Å². The van der Waals surface area contributed by atoms with Crippen molar-refractivity contribution in [1.82, 2.24) is 4.57 Å². The third-order valence-corrected chi connectivity index (χ3v) is 6.25. The fourth-order valence-electron chi connectivity index (χ4n) is 2.81. The van der Waals surface area contributed by atoms with Crippen molar-refractivity contribution in [3.63, 3.8) is 0 Å². The molecule has 146 valence electrons. The lowest BCUT2D eigenvalue weighted by atomic mass is 10.1. The largest absolute Gasteiger partial charge is 0.383 e. The Balaban J connectivity index is 1.97. The van der Waals surface area contributed by atoms with Crippen LogP contribution in [0.15, 0.2) is 35.3 Å². The summed E-state index contributed by atoms with van der Waals surface area (Å²) in [4.78, 5) is 28.1. The molecule has 0 fully saturated rings. The summed E-state index contributed by atoms with van der Waals surface area (Å²) in [5, 5.41) is 10.8. The number of ether oxygens (including phenoxy) is 1. The molecule has 0 N–H and O–H groups in total. The molecule has 3 aromatic rings. The number of nitro groups is 1. The second kappa shape index (κ2) is 8.59. The van der Waals surface area contributed by atoms with Crippen molar-refractivity contribution in [2.24, 2.45) is 4.99 Å². The highest BCUT2D eigenvalue weighted by atomic mass is 32.1. The lowest BCUT2D eigenvalue weighted by Gasteiger charge is -2.05. The number of rotatable bonds is 6. The highest BCUT2D eigenvalue weighted by molar-refractivity contribution is 7.16. The van der Waals surface area contributed by atoms with Gasteiger partial charge in [0, 0.05) is 30.7 Å². The van der Waals surface area contributed by atoms with Crippen molar-refractivity contribution in [2.45, 2.75) is 20.4 Å². The highest BCUT2D eigenvalue weighted by Gasteiger charge is 2.11. The molecule has 0 bridgehead atoms. The van der Waals surface area contributed by atoms with E-state index in [4.69, 9.17) is 4.74 Å². The van der Waals surface area contributed by atoms with Crippen LogP contribution in [-0.2, 0) is 16.1 Å². The van der Waals surface area contributed by atoms with Gasteiger partial charge in [0.2, 0.25) is 0 Å². The first-order valence-corrected chi connectivity index (χ1v) is 10.1. The Morgan fingerprint density at radius 1 is 1.32 bits per heavy atom. The predicted molar refractivity (Wildman–Crippen MR) is 112 cm³/mol. The van der Waals surface area contributed by atoms with E-state index in [0.29, 0.717) is 22.8 Å². The zero-order valence-electron chi connectivity index (χ0n) is 15.7. The van der Waals surface area contributed by atoms with E-state index in [9.17, 15) is 14.9 Å². The molecule has 0 unspecified atom stereocenters. The van der Waals surface area contributed by atoms with Crippen LogP contribution in [0, 0.1) is 24.0 Å². The maximum atomic E-state index is 12.4. The number of hydrogen-bond acceptors (Lipinski definition) is 6. The number of fused-ring (bicyclic) bond motifs is 1. The van der Waals surface area contributed by atoms with Crippen molar-refractivity contribution in [3.05, 3.63) is 61.3 Å². The van der Waals surface area contributed by atoms with Crippen molar-refractivity contribution in [2.75, 3.05) is 13.7 Å². The number of carbonyl (C=O) groups is 1. The van der Waals surface area contributed by atoms with Gasteiger partial charge in [0.25, 0.3) is 5.91 Å². The first-order valence-electron chi connectivity index (χ1n) is 8.49. The van der Waals surface area contributed by atoms with Gasteiger partial charge in [0.05, 0.1) is 21.7 Å². The number of aryl methyl sites for hydroxylation is 2. The fraction of sp³-hybridized carbons (Fsp3) is 0.263. The number of amides is 1. The number of aromatic nitrogens is 1. The van der Waals surface area contributed by atoms with Gasteiger partial charge in [-0.1, -0.05) is 28.7 Å². The van der Waals surface area contributed by atoms with Crippen LogP contribution >= 0.6 is 22.7 Å². The quantitative estimate of drug-likeness (QED) is 0.344. The SMILES string of the molecule is COCCn1c(=NC(=O)C=Cc2ccc([N+](=O)[O-])s2)sc2c(C)cc(C)cc21. The molecule has 0 aliphatic carbocycles. The molecular formula is C19H19N3O4S2. The smallest absolute Gasteiger partial charge is 0.324 e. The van der Waals surface area contributed by atoms with E-state index in [1.165, 1.54) is 23.5 Å². The van der Waals surface area contributed by atoms with Gasteiger partial charge in [-0.2, -0.15) is 4.99 Å². The summed E-state index contributed by atoms with van der Waals surface area (Å²) in [6.45, 7) is 5.18. The monoisotopic (exact) mass is 417 g/mol. The van der Waals surface area contributed by atoms with Crippen LogP contribution in [0.3, 0.4) is 0 Å². The van der Waals surface area contributed by atoms with Gasteiger partial charge < -0.3 is 9.30 Å². The van der Waals surface area contributed by atoms with Crippen LogP contribution in [0.5, 0.6) is 0 Å². The Labute approximate surface area is 169 Å².